The van der Waals surface area contributed by atoms with E-state index in [1.165, 1.54) is 12.8 Å². The van der Waals surface area contributed by atoms with Crippen molar-refractivity contribution in [2.45, 2.75) is 38.8 Å². The van der Waals surface area contributed by atoms with E-state index in [1.54, 1.807) is 18.0 Å². The third-order valence-electron chi connectivity index (χ3n) is 5.19. The predicted molar refractivity (Wildman–Crippen MR) is 133 cm³/mol. The summed E-state index contributed by atoms with van der Waals surface area (Å²) >= 11 is 1.71. The van der Waals surface area contributed by atoms with Crippen molar-refractivity contribution >= 4 is 22.8 Å². The molecule has 1 aliphatic rings. The van der Waals surface area contributed by atoms with Crippen molar-refractivity contribution in [1.82, 2.24) is 20.5 Å². The predicted octanol–water partition coefficient (Wildman–Crippen LogP) is 3.71. The summed E-state index contributed by atoms with van der Waals surface area (Å²) in [5, 5.41) is 7.90. The minimum atomic E-state index is 0.175. The molecule has 4 N–H and O–H groups in total. The number of nitrogens with zero attached hydrogens (tertiary/aromatic N) is 3. The number of piperidine rings is 1. The Morgan fingerprint density at radius 3 is 2.97 bits per heavy atom. The number of hydrogen-bond acceptors (Lipinski definition) is 8. The average Bonchev–Trinajstić information content (AvgIpc) is 3.21. The van der Waals surface area contributed by atoms with Crippen LogP contribution in [0, 0.1) is 0 Å². The van der Waals surface area contributed by atoms with Gasteiger partial charge in [-0.05, 0) is 56.8 Å². The van der Waals surface area contributed by atoms with Crippen LogP contribution in [0.1, 0.15) is 31.9 Å². The molecule has 170 valence electrons. The number of oxazole rings is 1. The van der Waals surface area contributed by atoms with Crippen LogP contribution in [-0.2, 0) is 6.54 Å². The molecular weight excluding hydrogens is 408 g/mol. The first-order chi connectivity index (χ1) is 15.1. The summed E-state index contributed by atoms with van der Waals surface area (Å²) in [4.78, 5) is 11.3. The zero-order chi connectivity index (χ0) is 22.5. The highest BCUT2D eigenvalue weighted by Crippen LogP contribution is 2.13. The Hall–Kier alpha value is -2.29. The third-order valence-corrected chi connectivity index (χ3v) is 5.90. The topological polar surface area (TPSA) is 91.7 Å². The van der Waals surface area contributed by atoms with Crippen LogP contribution in [0.15, 0.2) is 64.0 Å². The Bertz CT molecular complexity index is 811. The molecule has 1 fully saturated rings. The Morgan fingerprint density at radius 1 is 1.48 bits per heavy atom. The van der Waals surface area contributed by atoms with Crippen molar-refractivity contribution in [3.8, 4) is 0 Å². The third kappa shape index (κ3) is 8.77. The van der Waals surface area contributed by atoms with Gasteiger partial charge in [0.1, 0.15) is 12.0 Å². The summed E-state index contributed by atoms with van der Waals surface area (Å²) in [6, 6.07) is 0.757. The van der Waals surface area contributed by atoms with Crippen molar-refractivity contribution in [2.24, 2.45) is 4.99 Å². The molecule has 0 bridgehead atoms. The lowest BCUT2D eigenvalue weighted by Crippen LogP contribution is -2.45. The van der Waals surface area contributed by atoms with Crippen molar-refractivity contribution in [3.63, 3.8) is 0 Å². The first-order valence-electron chi connectivity index (χ1n) is 10.7. The summed E-state index contributed by atoms with van der Waals surface area (Å²) in [7, 11) is 2.04. The minimum Gasteiger partial charge on any atom is -0.432 e. The number of thioether (sulfide) groups is 1. The molecule has 1 aromatic heterocycles. The van der Waals surface area contributed by atoms with E-state index in [9.17, 15) is 0 Å². The molecule has 8 heteroatoms. The zero-order valence-electron chi connectivity index (χ0n) is 18.9. The number of anilines is 1. The van der Waals surface area contributed by atoms with E-state index in [2.05, 4.69) is 45.3 Å². The Balaban J connectivity index is 1.95. The number of hydrogen-bond donors (Lipinski definition) is 3. The maximum atomic E-state index is 5.54. The first kappa shape index (κ1) is 25.0. The number of likely N-dealkylation sites (N-methyl/N-ethyl adjacent to an activating group) is 1. The Labute approximate surface area is 190 Å². The molecule has 0 radical (unpaired) electrons. The second-order valence-electron chi connectivity index (χ2n) is 7.32. The monoisotopic (exact) mass is 444 g/mol. The summed E-state index contributed by atoms with van der Waals surface area (Å²) in [5.41, 5.74) is 8.41. The van der Waals surface area contributed by atoms with Crippen LogP contribution in [0.25, 0.3) is 0 Å². The zero-order valence-corrected chi connectivity index (χ0v) is 19.8. The van der Waals surface area contributed by atoms with Gasteiger partial charge in [-0.3, -0.25) is 9.89 Å². The lowest BCUT2D eigenvalue weighted by atomic mass is 10.1. The molecule has 2 heterocycles. The molecule has 7 nitrogen and oxygen atoms in total. The molecule has 0 spiro atoms. The lowest BCUT2D eigenvalue weighted by molar-refractivity contribution is 0.220. The van der Waals surface area contributed by atoms with E-state index in [0.717, 1.165) is 48.1 Å². The van der Waals surface area contributed by atoms with Crippen LogP contribution in [0.3, 0.4) is 0 Å². The normalized spacial score (nSPS) is 19.2. The fourth-order valence-electron chi connectivity index (χ4n) is 3.43. The summed E-state index contributed by atoms with van der Waals surface area (Å²) in [6.07, 6.45) is 16.7. The van der Waals surface area contributed by atoms with Gasteiger partial charge in [0.2, 0.25) is 0 Å². The van der Waals surface area contributed by atoms with E-state index in [1.807, 2.05) is 37.6 Å². The van der Waals surface area contributed by atoms with Gasteiger partial charge in [0, 0.05) is 31.0 Å². The van der Waals surface area contributed by atoms with Crippen LogP contribution < -0.4 is 16.4 Å². The van der Waals surface area contributed by atoms with Crippen LogP contribution in [-0.4, -0.2) is 53.9 Å². The van der Waals surface area contributed by atoms with E-state index in [0.29, 0.717) is 12.6 Å². The molecule has 1 saturated heterocycles. The SMILES string of the molecule is C=C\C(CC)=C(/C=C/C=C/N=C(CN1CCCC(NC)C1)SC)NCc1coc(N)n1. The standard InChI is InChI=1S/C23H36N6OS/c1-5-18(6-2)21(27-14-20-17-30-23(24)28-20)11-7-8-12-26-22(31-4)16-29-13-9-10-19(15-29)25-3/h5,7-8,11-12,17,19,25,27H,1,6,9-10,13-16H2,2-4H3,(H2,24,28)/b11-7+,12-8+,21-18-,26-22?. The minimum absolute atomic E-state index is 0.175. The lowest BCUT2D eigenvalue weighted by Gasteiger charge is -2.32. The average molecular weight is 445 g/mol. The molecule has 0 aliphatic carbocycles. The van der Waals surface area contributed by atoms with Gasteiger partial charge >= 0.3 is 0 Å². The quantitative estimate of drug-likeness (QED) is 0.272. The fraction of sp³-hybridized carbons (Fsp3) is 0.478. The fourth-order valence-corrected chi connectivity index (χ4v) is 3.90. The van der Waals surface area contributed by atoms with Crippen molar-refractivity contribution in [3.05, 3.63) is 60.3 Å². The molecule has 0 aromatic carbocycles. The number of nitrogen functional groups attached to an aromatic ring is 1. The van der Waals surface area contributed by atoms with Gasteiger partial charge in [0.15, 0.2) is 0 Å². The van der Waals surface area contributed by atoms with Crippen molar-refractivity contribution < 1.29 is 4.42 Å². The molecule has 1 atom stereocenters. The van der Waals surface area contributed by atoms with Gasteiger partial charge in [-0.1, -0.05) is 25.7 Å². The number of likely N-dealkylation sites (tertiary alicyclic amines) is 1. The first-order valence-corrected chi connectivity index (χ1v) is 11.9. The van der Waals surface area contributed by atoms with Gasteiger partial charge in [0.05, 0.1) is 11.6 Å². The largest absolute Gasteiger partial charge is 0.432 e. The second-order valence-corrected chi connectivity index (χ2v) is 8.20. The highest BCUT2D eigenvalue weighted by Gasteiger charge is 2.19. The highest BCUT2D eigenvalue weighted by molar-refractivity contribution is 8.13. The number of nitrogens with two attached hydrogens (primary N) is 1. The van der Waals surface area contributed by atoms with E-state index in [-0.39, 0.29) is 6.01 Å². The molecule has 0 amide bonds. The van der Waals surface area contributed by atoms with Crippen LogP contribution in [0.4, 0.5) is 6.01 Å². The van der Waals surface area contributed by atoms with E-state index in [4.69, 9.17) is 10.2 Å². The van der Waals surface area contributed by atoms with Crippen molar-refractivity contribution in [1.29, 1.82) is 0 Å². The van der Waals surface area contributed by atoms with Gasteiger partial charge < -0.3 is 20.8 Å². The van der Waals surface area contributed by atoms with Gasteiger partial charge in [-0.25, -0.2) is 0 Å². The summed E-state index contributed by atoms with van der Waals surface area (Å²) < 4.78 is 5.06. The van der Waals surface area contributed by atoms with Gasteiger partial charge in [0.25, 0.3) is 6.01 Å². The Morgan fingerprint density at radius 2 is 2.32 bits per heavy atom. The molecule has 1 unspecified atom stereocenters. The number of nitrogens with one attached hydrogen (secondary N) is 2. The van der Waals surface area contributed by atoms with Crippen LogP contribution >= 0.6 is 11.8 Å². The number of rotatable bonds is 11. The van der Waals surface area contributed by atoms with Gasteiger partial charge in [-0.15, -0.1) is 11.8 Å². The van der Waals surface area contributed by atoms with E-state index >= 15 is 0 Å². The second kappa shape index (κ2) is 13.9. The molecule has 1 aromatic rings. The summed E-state index contributed by atoms with van der Waals surface area (Å²) in [6.45, 7) is 9.67. The van der Waals surface area contributed by atoms with E-state index < -0.39 is 0 Å². The molecule has 0 saturated carbocycles. The number of aromatic nitrogens is 1. The van der Waals surface area contributed by atoms with Crippen LogP contribution in [0.2, 0.25) is 0 Å². The molecule has 1 aliphatic heterocycles. The molecule has 2 rings (SSSR count). The Kier molecular flexibility index (Phi) is 11.2. The van der Waals surface area contributed by atoms with Crippen LogP contribution in [0.5, 0.6) is 0 Å². The summed E-state index contributed by atoms with van der Waals surface area (Å²) in [5.74, 6) is 0. The number of allylic oxidation sites excluding steroid dienone is 5. The van der Waals surface area contributed by atoms with Crippen molar-refractivity contribution in [2.75, 3.05) is 38.7 Å². The maximum absolute atomic E-state index is 5.54. The molecular formula is C23H36N6OS. The maximum Gasteiger partial charge on any atom is 0.292 e. The number of aliphatic imine (C=N–C) groups is 1. The smallest absolute Gasteiger partial charge is 0.292 e. The highest BCUT2D eigenvalue weighted by atomic mass is 32.2. The van der Waals surface area contributed by atoms with Gasteiger partial charge in [-0.2, -0.15) is 4.98 Å². The molecule has 31 heavy (non-hydrogen) atoms.